The van der Waals surface area contributed by atoms with Gasteiger partial charge in [0, 0.05) is 37.9 Å². The van der Waals surface area contributed by atoms with Crippen LogP contribution in [0, 0.1) is 11.8 Å². The van der Waals surface area contributed by atoms with Gasteiger partial charge in [0.25, 0.3) is 0 Å². The van der Waals surface area contributed by atoms with Gasteiger partial charge in [-0.3, -0.25) is 9.69 Å². The molecule has 1 amide bonds. The Hall–Kier alpha value is -1.75. The molecular weight excluding hydrogens is 314 g/mol. The fourth-order valence-electron chi connectivity index (χ4n) is 4.83. The van der Waals surface area contributed by atoms with E-state index in [1.807, 2.05) is 12.1 Å². The van der Waals surface area contributed by atoms with Crippen LogP contribution in [-0.2, 0) is 4.79 Å². The molecule has 0 spiro atoms. The van der Waals surface area contributed by atoms with Crippen molar-refractivity contribution in [2.45, 2.75) is 31.7 Å². The van der Waals surface area contributed by atoms with Crippen LogP contribution >= 0.6 is 0 Å². The first-order valence-electron chi connectivity index (χ1n) is 9.62. The number of piperazine rings is 1. The van der Waals surface area contributed by atoms with Crippen LogP contribution in [0.1, 0.15) is 25.7 Å². The quantitative estimate of drug-likeness (QED) is 0.889. The van der Waals surface area contributed by atoms with Gasteiger partial charge in [0.2, 0.25) is 5.91 Å². The molecule has 2 bridgehead atoms. The van der Waals surface area contributed by atoms with Crippen LogP contribution in [0.4, 0.5) is 5.69 Å². The minimum atomic E-state index is 0.218. The third kappa shape index (κ3) is 3.76. The number of hydrogen-bond acceptors (Lipinski definition) is 4. The molecule has 2 saturated carbocycles. The Morgan fingerprint density at radius 3 is 2.48 bits per heavy atom. The zero-order valence-electron chi connectivity index (χ0n) is 15.1. The lowest BCUT2D eigenvalue weighted by Crippen LogP contribution is -2.51. The SMILES string of the molecule is COc1ccc(N2CCN(CC(=O)N[C@H]3C[C@@H]4CC[C@@H]3C4)CC2)cc1. The minimum absolute atomic E-state index is 0.218. The summed E-state index contributed by atoms with van der Waals surface area (Å²) in [5.74, 6) is 2.74. The zero-order chi connectivity index (χ0) is 17.2. The average molecular weight is 343 g/mol. The maximum Gasteiger partial charge on any atom is 0.234 e. The Bertz CT molecular complexity index is 595. The highest BCUT2D eigenvalue weighted by Gasteiger charge is 2.40. The first kappa shape index (κ1) is 16.7. The summed E-state index contributed by atoms with van der Waals surface area (Å²) in [6.45, 7) is 4.36. The fraction of sp³-hybridized carbons (Fsp3) is 0.650. The first-order chi connectivity index (χ1) is 12.2. The zero-order valence-corrected chi connectivity index (χ0v) is 15.1. The number of carbonyl (C=O) groups excluding carboxylic acids is 1. The van der Waals surface area contributed by atoms with E-state index in [0.29, 0.717) is 12.6 Å². The van der Waals surface area contributed by atoms with Crippen LogP contribution in [0.15, 0.2) is 24.3 Å². The molecule has 3 fully saturated rings. The van der Waals surface area contributed by atoms with Crippen molar-refractivity contribution in [3.05, 3.63) is 24.3 Å². The van der Waals surface area contributed by atoms with Crippen molar-refractivity contribution in [3.8, 4) is 5.75 Å². The highest BCUT2D eigenvalue weighted by atomic mass is 16.5. The molecule has 0 aromatic heterocycles. The van der Waals surface area contributed by atoms with Gasteiger partial charge >= 0.3 is 0 Å². The number of amides is 1. The van der Waals surface area contributed by atoms with Crippen molar-refractivity contribution in [1.82, 2.24) is 10.2 Å². The topological polar surface area (TPSA) is 44.8 Å². The summed E-state index contributed by atoms with van der Waals surface area (Å²) in [4.78, 5) is 17.0. The van der Waals surface area contributed by atoms with Crippen LogP contribution in [0.25, 0.3) is 0 Å². The largest absolute Gasteiger partial charge is 0.497 e. The van der Waals surface area contributed by atoms with E-state index in [4.69, 9.17) is 4.74 Å². The van der Waals surface area contributed by atoms with Crippen molar-refractivity contribution in [3.63, 3.8) is 0 Å². The van der Waals surface area contributed by atoms with Crippen LogP contribution in [0.2, 0.25) is 0 Å². The normalized spacial score (nSPS) is 29.0. The van der Waals surface area contributed by atoms with Crippen molar-refractivity contribution in [1.29, 1.82) is 0 Å². The van der Waals surface area contributed by atoms with Crippen molar-refractivity contribution < 1.29 is 9.53 Å². The molecule has 25 heavy (non-hydrogen) atoms. The van der Waals surface area contributed by atoms with E-state index in [1.165, 1.54) is 31.4 Å². The third-order valence-electron chi connectivity index (χ3n) is 6.26. The summed E-state index contributed by atoms with van der Waals surface area (Å²) in [5.41, 5.74) is 1.23. The van der Waals surface area contributed by atoms with Gasteiger partial charge in [0.15, 0.2) is 0 Å². The molecular formula is C20H29N3O2. The number of methoxy groups -OCH3 is 1. The molecule has 1 aliphatic heterocycles. The summed E-state index contributed by atoms with van der Waals surface area (Å²) in [6.07, 6.45) is 5.24. The predicted molar refractivity (Wildman–Crippen MR) is 99.0 cm³/mol. The molecule has 5 heteroatoms. The highest BCUT2D eigenvalue weighted by Crippen LogP contribution is 2.44. The lowest BCUT2D eigenvalue weighted by molar-refractivity contribution is -0.123. The van der Waals surface area contributed by atoms with E-state index in [0.717, 1.165) is 43.8 Å². The summed E-state index contributed by atoms with van der Waals surface area (Å²) in [7, 11) is 1.69. The van der Waals surface area contributed by atoms with Gasteiger partial charge < -0.3 is 15.0 Å². The molecule has 1 aromatic carbocycles. The van der Waals surface area contributed by atoms with E-state index in [-0.39, 0.29) is 5.91 Å². The third-order valence-corrected chi connectivity index (χ3v) is 6.26. The molecule has 1 aromatic rings. The number of fused-ring (bicyclic) bond motifs is 2. The number of hydrogen-bond donors (Lipinski definition) is 1. The van der Waals surface area contributed by atoms with Gasteiger partial charge in [-0.1, -0.05) is 6.42 Å². The summed E-state index contributed by atoms with van der Waals surface area (Å²) < 4.78 is 5.22. The smallest absolute Gasteiger partial charge is 0.234 e. The highest BCUT2D eigenvalue weighted by molar-refractivity contribution is 5.78. The molecule has 1 saturated heterocycles. The summed E-state index contributed by atoms with van der Waals surface area (Å²) in [5, 5.41) is 3.31. The number of carbonyl (C=O) groups is 1. The second-order valence-electron chi connectivity index (χ2n) is 7.81. The standard InChI is InChI=1S/C20H29N3O2/c1-25-18-6-4-17(5-7-18)23-10-8-22(9-11-23)14-20(24)21-19-13-15-2-3-16(19)12-15/h4-7,15-16,19H,2-3,8-14H2,1H3,(H,21,24)/t15-,16-,19+/m1/s1. The van der Waals surface area contributed by atoms with Crippen LogP contribution in [-0.4, -0.2) is 56.7 Å². The Balaban J connectivity index is 1.22. The van der Waals surface area contributed by atoms with Crippen LogP contribution < -0.4 is 15.0 Å². The Morgan fingerprint density at radius 1 is 1.12 bits per heavy atom. The van der Waals surface area contributed by atoms with E-state index in [9.17, 15) is 4.79 Å². The maximum atomic E-state index is 12.4. The van der Waals surface area contributed by atoms with Crippen molar-refractivity contribution >= 4 is 11.6 Å². The van der Waals surface area contributed by atoms with Crippen molar-refractivity contribution in [2.75, 3.05) is 44.7 Å². The molecule has 0 unspecified atom stereocenters. The fourth-order valence-corrected chi connectivity index (χ4v) is 4.83. The van der Waals surface area contributed by atoms with Gasteiger partial charge in [-0.15, -0.1) is 0 Å². The molecule has 2 aliphatic carbocycles. The van der Waals surface area contributed by atoms with Crippen LogP contribution in [0.5, 0.6) is 5.75 Å². The Labute approximate surface area is 150 Å². The van der Waals surface area contributed by atoms with E-state index in [2.05, 4.69) is 27.2 Å². The monoisotopic (exact) mass is 343 g/mol. The molecule has 1 heterocycles. The molecule has 4 rings (SSSR count). The molecule has 0 radical (unpaired) electrons. The average Bonchev–Trinajstić information content (AvgIpc) is 3.25. The minimum Gasteiger partial charge on any atom is -0.497 e. The number of anilines is 1. The lowest BCUT2D eigenvalue weighted by atomic mass is 9.95. The summed E-state index contributed by atoms with van der Waals surface area (Å²) >= 11 is 0. The van der Waals surface area contributed by atoms with Gasteiger partial charge in [0.05, 0.1) is 13.7 Å². The van der Waals surface area contributed by atoms with Gasteiger partial charge in [-0.05, 0) is 55.4 Å². The van der Waals surface area contributed by atoms with E-state index >= 15 is 0 Å². The Morgan fingerprint density at radius 2 is 1.88 bits per heavy atom. The number of rotatable bonds is 5. The molecule has 136 valence electrons. The van der Waals surface area contributed by atoms with Gasteiger partial charge in [-0.2, -0.15) is 0 Å². The van der Waals surface area contributed by atoms with Crippen LogP contribution in [0.3, 0.4) is 0 Å². The molecule has 5 nitrogen and oxygen atoms in total. The number of nitrogens with zero attached hydrogens (tertiary/aromatic N) is 2. The van der Waals surface area contributed by atoms with E-state index < -0.39 is 0 Å². The molecule has 1 N–H and O–H groups in total. The lowest BCUT2D eigenvalue weighted by Gasteiger charge is -2.36. The Kier molecular flexibility index (Phi) is 4.84. The number of nitrogens with one attached hydrogen (secondary N) is 1. The van der Waals surface area contributed by atoms with E-state index in [1.54, 1.807) is 7.11 Å². The maximum absolute atomic E-state index is 12.4. The second kappa shape index (κ2) is 7.24. The molecule has 3 aliphatic rings. The predicted octanol–water partition coefficient (Wildman–Crippen LogP) is 2.12. The first-order valence-corrected chi connectivity index (χ1v) is 9.62. The van der Waals surface area contributed by atoms with Gasteiger partial charge in [0.1, 0.15) is 5.75 Å². The summed E-state index contributed by atoms with van der Waals surface area (Å²) in [6, 6.07) is 8.67. The second-order valence-corrected chi connectivity index (χ2v) is 7.81. The van der Waals surface area contributed by atoms with Gasteiger partial charge in [-0.25, -0.2) is 0 Å². The van der Waals surface area contributed by atoms with Crippen molar-refractivity contribution in [2.24, 2.45) is 11.8 Å². The molecule has 3 atom stereocenters. The number of ether oxygens (including phenoxy) is 1. The number of benzene rings is 1.